The fourth-order valence-electron chi connectivity index (χ4n) is 14.3. The highest BCUT2D eigenvalue weighted by Crippen LogP contribution is 2.64. The minimum Gasteiger partial charge on any atom is -0.369 e. The third kappa shape index (κ3) is 8.11. The van der Waals surface area contributed by atoms with Crippen LogP contribution in [0.4, 0.5) is 0 Å². The van der Waals surface area contributed by atoms with E-state index in [4.69, 9.17) is 46.3 Å². The van der Waals surface area contributed by atoms with E-state index in [1.807, 2.05) is 0 Å². The van der Waals surface area contributed by atoms with E-state index in [-0.39, 0.29) is 60.5 Å². The highest BCUT2D eigenvalue weighted by molar-refractivity contribution is 7.90. The van der Waals surface area contributed by atoms with Crippen LogP contribution in [0.15, 0.2) is 52.3 Å². The molecule has 12 nitrogen and oxygen atoms in total. The Morgan fingerprint density at radius 3 is 1.32 bits per heavy atom. The first-order chi connectivity index (χ1) is 29.7. The van der Waals surface area contributed by atoms with Crippen LogP contribution < -0.4 is 20.9 Å². The van der Waals surface area contributed by atoms with Crippen molar-refractivity contribution in [2.75, 3.05) is 0 Å². The largest absolute Gasteiger partial charge is 0.369 e. The summed E-state index contributed by atoms with van der Waals surface area (Å²) in [5.41, 5.74) is 8.69. The molecule has 6 N–H and O–H groups in total. The molecule has 10 aliphatic rings. The monoisotopic (exact) mass is 962 g/mol. The van der Waals surface area contributed by atoms with Gasteiger partial charge in [0, 0.05) is 28.7 Å². The van der Waals surface area contributed by atoms with E-state index in [9.17, 15) is 36.0 Å². The molecule has 17 heteroatoms. The van der Waals surface area contributed by atoms with Crippen molar-refractivity contribution in [1.82, 2.24) is 9.44 Å². The number of carbonyl (C=O) groups excluding carboxylic acids is 4. The number of sulfonamides is 2. The Balaban J connectivity index is 0.000000160. The van der Waals surface area contributed by atoms with Crippen LogP contribution in [0.2, 0.25) is 15.1 Å². The molecular weight excluding hydrogens is 907 g/mol. The topological polar surface area (TPSA) is 213 Å². The van der Waals surface area contributed by atoms with Crippen LogP contribution >= 0.6 is 34.8 Å². The molecular formula is C46H57Cl3N4O8S2. The van der Waals surface area contributed by atoms with Crippen molar-refractivity contribution in [1.29, 1.82) is 0 Å². The lowest BCUT2D eigenvalue weighted by Gasteiger charge is -2.59. The molecule has 10 aliphatic carbocycles. The van der Waals surface area contributed by atoms with Crippen molar-refractivity contribution < 1.29 is 36.0 Å². The van der Waals surface area contributed by atoms with Crippen LogP contribution in [-0.2, 0) is 39.2 Å². The molecule has 2 amide bonds. The Morgan fingerprint density at radius 2 is 0.968 bits per heavy atom. The van der Waals surface area contributed by atoms with Gasteiger partial charge in [-0.3, -0.25) is 19.2 Å². The minimum atomic E-state index is -3.98. The zero-order chi connectivity index (χ0) is 44.9. The van der Waals surface area contributed by atoms with Gasteiger partial charge in [-0.05, 0) is 180 Å². The molecule has 63 heavy (non-hydrogen) atoms. The van der Waals surface area contributed by atoms with Crippen molar-refractivity contribution in [3.63, 3.8) is 0 Å². The van der Waals surface area contributed by atoms with Gasteiger partial charge in [0.1, 0.15) is 9.79 Å². The Kier molecular flexibility index (Phi) is 11.8. The summed E-state index contributed by atoms with van der Waals surface area (Å²) in [7, 11) is -7.88. The predicted molar refractivity (Wildman–Crippen MR) is 238 cm³/mol. The second-order valence-electron chi connectivity index (χ2n) is 20.9. The van der Waals surface area contributed by atoms with Gasteiger partial charge in [-0.15, -0.1) is 0 Å². The summed E-state index contributed by atoms with van der Waals surface area (Å²) in [5, 5.41) is 0.526. The smallest absolute Gasteiger partial charge is 0.242 e. The molecule has 8 bridgehead atoms. The van der Waals surface area contributed by atoms with E-state index in [0.29, 0.717) is 79.1 Å². The van der Waals surface area contributed by atoms with Gasteiger partial charge in [-0.2, -0.15) is 9.44 Å². The zero-order valence-electron chi connectivity index (χ0n) is 35.3. The van der Waals surface area contributed by atoms with E-state index in [1.54, 1.807) is 12.1 Å². The van der Waals surface area contributed by atoms with Gasteiger partial charge in [0.25, 0.3) is 0 Å². The molecule has 0 aromatic heterocycles. The van der Waals surface area contributed by atoms with Gasteiger partial charge in [0.2, 0.25) is 31.9 Å². The maximum Gasteiger partial charge on any atom is 0.242 e. The lowest BCUT2D eigenvalue weighted by molar-refractivity contribution is -0.153. The Morgan fingerprint density at radius 1 is 0.571 bits per heavy atom. The number of rotatable bonds is 14. The number of nitrogens with two attached hydrogens (primary N) is 2. The van der Waals surface area contributed by atoms with E-state index < -0.39 is 36.5 Å². The van der Waals surface area contributed by atoms with Crippen molar-refractivity contribution in [2.45, 2.75) is 136 Å². The first-order valence-corrected chi connectivity index (χ1v) is 26.7. The second-order valence-corrected chi connectivity index (χ2v) is 25.5. The highest BCUT2D eigenvalue weighted by Gasteiger charge is 2.61. The summed E-state index contributed by atoms with van der Waals surface area (Å²) in [6.45, 7) is 0. The third-order valence-corrected chi connectivity index (χ3v) is 21.6. The standard InChI is InChI=1S/C23H28Cl2N2O4S.C23H29ClN2O4S/c24-16-2-3-19(18(25)8-16)32(30,31)27-23(4-1-5-23)20(28)9-17-14-6-13-7-15(17)12-22(10-13,11-14)21(26)29;24-18-4-1-2-5-19(18)31(29,30)26-23(6-3-7-23)20(27)10-17-15-8-14-9-16(17)13-22(11-14,12-15)21(25)28/h2-3,8,13-15,17,27H,1,4-7,9-12H2,(H2,26,29);1-2,4-5,14-17,26H,3,6-13H2,(H2,25,28). The lowest BCUT2D eigenvalue weighted by Crippen LogP contribution is -2.61. The van der Waals surface area contributed by atoms with E-state index in [1.165, 1.54) is 30.3 Å². The number of carbonyl (C=O) groups is 4. The number of hydrogen-bond acceptors (Lipinski definition) is 8. The van der Waals surface area contributed by atoms with Gasteiger partial charge in [-0.25, -0.2) is 16.8 Å². The summed E-state index contributed by atoms with van der Waals surface area (Å²) in [6, 6.07) is 10.5. The van der Waals surface area contributed by atoms with Crippen LogP contribution in [-0.4, -0.2) is 51.3 Å². The van der Waals surface area contributed by atoms with E-state index in [2.05, 4.69) is 9.44 Å². The number of halogens is 3. The van der Waals surface area contributed by atoms with Gasteiger partial charge in [0.15, 0.2) is 11.6 Å². The van der Waals surface area contributed by atoms with Gasteiger partial charge in [-0.1, -0.05) is 46.9 Å². The molecule has 2 aromatic carbocycles. The average Bonchev–Trinajstić information content (AvgIpc) is 3.17. The predicted octanol–water partition coefficient (Wildman–Crippen LogP) is 7.51. The number of ketones is 2. The minimum absolute atomic E-state index is 0.00812. The molecule has 4 unspecified atom stereocenters. The molecule has 2 aromatic rings. The number of nitrogens with one attached hydrogen (secondary N) is 2. The number of hydrogen-bond donors (Lipinski definition) is 4. The SMILES string of the molecule is NC(=O)C12CC3CC(C1)C(CC(=O)C1(NS(=O)(=O)c4ccc(Cl)cc4Cl)CCC1)C(C3)C2.NC(=O)C12CC3CC(C1)C(CC(=O)C1(NS(=O)(=O)c4ccccc4Cl)CCC1)C(C3)C2. The number of benzene rings is 2. The second kappa shape index (κ2) is 16.3. The molecule has 0 radical (unpaired) electrons. The Labute approximate surface area is 385 Å². The van der Waals surface area contributed by atoms with Crippen LogP contribution in [0.25, 0.3) is 0 Å². The molecule has 0 saturated heterocycles. The molecule has 0 aliphatic heterocycles. The summed E-state index contributed by atoms with van der Waals surface area (Å²) in [4.78, 5) is 51.3. The van der Waals surface area contributed by atoms with Crippen molar-refractivity contribution in [3.05, 3.63) is 57.5 Å². The van der Waals surface area contributed by atoms with Crippen LogP contribution in [0.1, 0.15) is 116 Å². The van der Waals surface area contributed by atoms with Crippen molar-refractivity contribution in [2.24, 2.45) is 69.6 Å². The molecule has 4 atom stereocenters. The summed E-state index contributed by atoms with van der Waals surface area (Å²) in [6.07, 6.45) is 13.5. The van der Waals surface area contributed by atoms with E-state index >= 15 is 0 Å². The van der Waals surface area contributed by atoms with Crippen molar-refractivity contribution >= 4 is 78.2 Å². The first-order valence-electron chi connectivity index (χ1n) is 22.6. The van der Waals surface area contributed by atoms with Crippen LogP contribution in [0, 0.1) is 58.2 Å². The first kappa shape index (κ1) is 45.6. The van der Waals surface area contributed by atoms with Crippen LogP contribution in [0.3, 0.4) is 0 Å². The zero-order valence-corrected chi connectivity index (χ0v) is 39.2. The quantitative estimate of drug-likeness (QED) is 0.148. The number of Topliss-reactive ketones (excluding diaryl/α,β-unsaturated/α-hetero) is 2. The Hall–Kier alpha value is -2.59. The summed E-state index contributed by atoms with van der Waals surface area (Å²) >= 11 is 18.2. The van der Waals surface area contributed by atoms with Crippen LogP contribution in [0.5, 0.6) is 0 Å². The molecule has 0 heterocycles. The van der Waals surface area contributed by atoms with Crippen molar-refractivity contribution in [3.8, 4) is 0 Å². The fraction of sp³-hybridized carbons (Fsp3) is 0.652. The molecule has 10 fully saturated rings. The van der Waals surface area contributed by atoms with Gasteiger partial charge >= 0.3 is 0 Å². The number of primary amides is 2. The maximum atomic E-state index is 13.5. The molecule has 0 spiro atoms. The molecule has 12 rings (SSSR count). The summed E-state index contributed by atoms with van der Waals surface area (Å²) in [5.74, 6) is 2.36. The maximum absolute atomic E-state index is 13.5. The fourth-order valence-corrected chi connectivity index (χ4v) is 18.4. The van der Waals surface area contributed by atoms with Gasteiger partial charge in [0.05, 0.1) is 21.1 Å². The average molecular weight is 964 g/mol. The van der Waals surface area contributed by atoms with E-state index in [0.717, 1.165) is 77.0 Å². The normalized spacial score (nSPS) is 35.2. The van der Waals surface area contributed by atoms with Gasteiger partial charge < -0.3 is 11.5 Å². The lowest BCUT2D eigenvalue weighted by atomic mass is 9.45. The number of amides is 2. The molecule has 342 valence electrons. The third-order valence-electron chi connectivity index (χ3n) is 17.3. The Bertz CT molecular complexity index is 2430. The highest BCUT2D eigenvalue weighted by atomic mass is 35.5. The summed E-state index contributed by atoms with van der Waals surface area (Å²) < 4.78 is 57.6. The molecule has 10 saturated carbocycles.